The quantitative estimate of drug-likeness (QED) is 0.761. The van der Waals surface area contributed by atoms with Crippen LogP contribution in [0.25, 0.3) is 0 Å². The molecule has 0 atom stereocenters. The molecule has 0 saturated carbocycles. The van der Waals surface area contributed by atoms with Crippen molar-refractivity contribution in [3.05, 3.63) is 71.8 Å². The van der Waals surface area contributed by atoms with E-state index >= 15 is 0 Å². The number of nitrogens with zero attached hydrogens (tertiary/aromatic N) is 1. The Balaban J connectivity index is 0.00000162. The van der Waals surface area contributed by atoms with E-state index in [1.54, 1.807) is 0 Å². The van der Waals surface area contributed by atoms with Crippen LogP contribution in [0.3, 0.4) is 0 Å². The van der Waals surface area contributed by atoms with Crippen molar-refractivity contribution >= 4 is 0 Å². The van der Waals surface area contributed by atoms with Crippen molar-refractivity contribution in [2.75, 3.05) is 21.1 Å². The fourth-order valence-corrected chi connectivity index (χ4v) is 2.36. The second-order valence-electron chi connectivity index (χ2n) is 5.34. The molecule has 0 aromatic heterocycles. The van der Waals surface area contributed by atoms with Crippen LogP contribution >= 0.6 is 0 Å². The second kappa shape index (κ2) is 5.80. The zero-order valence-electron chi connectivity index (χ0n) is 11.2. The maximum absolute atomic E-state index is 2.24. The predicted octanol–water partition coefficient (Wildman–Crippen LogP) is 3.31. The van der Waals surface area contributed by atoms with E-state index in [1.165, 1.54) is 11.1 Å². The van der Waals surface area contributed by atoms with Crippen LogP contribution < -0.4 is 0 Å². The molecule has 0 bridgehead atoms. The summed E-state index contributed by atoms with van der Waals surface area (Å²) in [4.78, 5) is 0. The molecule has 2 nitrogen and oxygen atoms in total. The van der Waals surface area contributed by atoms with Gasteiger partial charge in [0.1, 0.15) is 6.04 Å². The van der Waals surface area contributed by atoms with Crippen LogP contribution in [-0.2, 0) is 0 Å². The molecule has 2 heteroatoms. The van der Waals surface area contributed by atoms with Crippen molar-refractivity contribution in [1.29, 1.82) is 0 Å². The molecule has 0 aliphatic rings. The highest BCUT2D eigenvalue weighted by molar-refractivity contribution is 5.29. The summed E-state index contributed by atoms with van der Waals surface area (Å²) in [5, 5.41) is 0. The molecular weight excluding hydrogens is 222 g/mol. The molecule has 0 fully saturated rings. The van der Waals surface area contributed by atoms with Gasteiger partial charge in [0.25, 0.3) is 0 Å². The minimum absolute atomic E-state index is 0. The van der Waals surface area contributed by atoms with E-state index in [4.69, 9.17) is 0 Å². The summed E-state index contributed by atoms with van der Waals surface area (Å²) < 4.78 is 0.897. The van der Waals surface area contributed by atoms with E-state index in [0.717, 1.165) is 4.48 Å². The molecule has 0 aliphatic carbocycles. The van der Waals surface area contributed by atoms with E-state index in [-0.39, 0.29) is 5.48 Å². The zero-order chi connectivity index (χ0) is 12.3. The van der Waals surface area contributed by atoms with Crippen LogP contribution in [0.2, 0.25) is 0 Å². The molecule has 0 heterocycles. The molecule has 2 aromatic rings. The minimum Gasteiger partial charge on any atom is -0.870 e. The summed E-state index contributed by atoms with van der Waals surface area (Å²) in [6.45, 7) is 0. The number of benzene rings is 2. The highest BCUT2D eigenvalue weighted by Crippen LogP contribution is 2.30. The van der Waals surface area contributed by atoms with Gasteiger partial charge < -0.3 is 9.96 Å². The first-order valence-corrected chi connectivity index (χ1v) is 6.00. The van der Waals surface area contributed by atoms with Gasteiger partial charge in [-0.25, -0.2) is 0 Å². The van der Waals surface area contributed by atoms with Crippen LogP contribution in [0.1, 0.15) is 17.2 Å². The molecule has 0 unspecified atom stereocenters. The molecule has 0 spiro atoms. The Morgan fingerprint density at radius 3 is 1.28 bits per heavy atom. The second-order valence-corrected chi connectivity index (χ2v) is 5.34. The fourth-order valence-electron chi connectivity index (χ4n) is 2.36. The van der Waals surface area contributed by atoms with E-state index in [2.05, 4.69) is 81.8 Å². The lowest BCUT2D eigenvalue weighted by Gasteiger charge is -2.34. The van der Waals surface area contributed by atoms with Crippen LogP contribution in [-0.4, -0.2) is 31.1 Å². The third-order valence-corrected chi connectivity index (χ3v) is 3.01. The van der Waals surface area contributed by atoms with Crippen molar-refractivity contribution in [1.82, 2.24) is 0 Å². The van der Waals surface area contributed by atoms with Gasteiger partial charge in [-0.2, -0.15) is 0 Å². The third kappa shape index (κ3) is 3.19. The SMILES string of the molecule is C[N+](C)(C)C(c1ccccc1)c1ccccc1.[OH-]. The minimum atomic E-state index is 0. The standard InChI is InChI=1S/C16H20N.H2O/c1-17(2,3)16(14-10-6-4-7-11-14)15-12-8-5-9-13-15;/h4-13,16H,1-3H3;1H2/q+1;/p-1. The molecule has 0 aliphatic heterocycles. The van der Waals surface area contributed by atoms with Gasteiger partial charge in [-0.1, -0.05) is 60.7 Å². The first-order chi connectivity index (χ1) is 8.09. The summed E-state index contributed by atoms with van der Waals surface area (Å²) in [7, 11) is 6.72. The zero-order valence-corrected chi connectivity index (χ0v) is 11.2. The average molecular weight is 243 g/mol. The summed E-state index contributed by atoms with van der Waals surface area (Å²) in [6, 6.07) is 21.8. The molecule has 1 N–H and O–H groups in total. The lowest BCUT2D eigenvalue weighted by atomic mass is 9.96. The van der Waals surface area contributed by atoms with Gasteiger partial charge in [0.15, 0.2) is 0 Å². The Hall–Kier alpha value is -1.64. The van der Waals surface area contributed by atoms with Crippen LogP contribution in [0.4, 0.5) is 0 Å². The molecule has 96 valence electrons. The van der Waals surface area contributed by atoms with Crippen LogP contribution in [0.15, 0.2) is 60.7 Å². The maximum Gasteiger partial charge on any atom is 0.140 e. The molecule has 0 amide bonds. The van der Waals surface area contributed by atoms with Gasteiger partial charge >= 0.3 is 0 Å². The van der Waals surface area contributed by atoms with E-state index in [1.807, 2.05) is 0 Å². The molecular formula is C16H21NO. The first-order valence-electron chi connectivity index (χ1n) is 6.00. The van der Waals surface area contributed by atoms with Gasteiger partial charge in [-0.3, -0.25) is 0 Å². The van der Waals surface area contributed by atoms with Crippen molar-refractivity contribution < 1.29 is 9.96 Å². The Morgan fingerprint density at radius 1 is 0.667 bits per heavy atom. The lowest BCUT2D eigenvalue weighted by Crippen LogP contribution is -2.39. The Labute approximate surface area is 109 Å². The third-order valence-electron chi connectivity index (χ3n) is 3.01. The Bertz CT molecular complexity index is 420. The van der Waals surface area contributed by atoms with Gasteiger partial charge in [-0.15, -0.1) is 0 Å². The highest BCUT2D eigenvalue weighted by atomic mass is 16.0. The smallest absolute Gasteiger partial charge is 0.140 e. The van der Waals surface area contributed by atoms with Gasteiger partial charge in [-0.05, 0) is 0 Å². The molecule has 0 radical (unpaired) electrons. The summed E-state index contributed by atoms with van der Waals surface area (Å²) in [6.07, 6.45) is 0. The van der Waals surface area contributed by atoms with Crippen LogP contribution in [0.5, 0.6) is 0 Å². The summed E-state index contributed by atoms with van der Waals surface area (Å²) in [5.74, 6) is 0. The predicted molar refractivity (Wildman–Crippen MR) is 74.7 cm³/mol. The normalized spacial score (nSPS) is 11.1. The highest BCUT2D eigenvalue weighted by Gasteiger charge is 2.26. The molecule has 18 heavy (non-hydrogen) atoms. The number of rotatable bonds is 3. The van der Waals surface area contributed by atoms with Crippen LogP contribution in [0, 0.1) is 0 Å². The van der Waals surface area contributed by atoms with E-state index in [0.29, 0.717) is 6.04 Å². The Kier molecular flexibility index (Phi) is 4.65. The van der Waals surface area contributed by atoms with Crippen molar-refractivity contribution in [2.24, 2.45) is 0 Å². The molecule has 0 saturated heterocycles. The van der Waals surface area contributed by atoms with Gasteiger partial charge in [0.2, 0.25) is 0 Å². The fraction of sp³-hybridized carbons (Fsp3) is 0.250. The number of hydrogen-bond donors (Lipinski definition) is 0. The summed E-state index contributed by atoms with van der Waals surface area (Å²) in [5.41, 5.74) is 2.73. The van der Waals surface area contributed by atoms with Gasteiger partial charge in [0, 0.05) is 11.1 Å². The largest absolute Gasteiger partial charge is 0.870 e. The lowest BCUT2D eigenvalue weighted by molar-refractivity contribution is -0.896. The van der Waals surface area contributed by atoms with E-state index < -0.39 is 0 Å². The maximum atomic E-state index is 2.24. The van der Waals surface area contributed by atoms with Crippen molar-refractivity contribution in [3.8, 4) is 0 Å². The topological polar surface area (TPSA) is 30.0 Å². The Morgan fingerprint density at radius 2 is 1.00 bits per heavy atom. The van der Waals surface area contributed by atoms with Crippen molar-refractivity contribution in [3.63, 3.8) is 0 Å². The van der Waals surface area contributed by atoms with Crippen molar-refractivity contribution in [2.45, 2.75) is 6.04 Å². The number of hydrogen-bond acceptors (Lipinski definition) is 1. The van der Waals surface area contributed by atoms with Gasteiger partial charge in [0.05, 0.1) is 21.1 Å². The molecule has 2 aromatic carbocycles. The molecule has 2 rings (SSSR count). The monoisotopic (exact) mass is 243 g/mol. The number of quaternary nitrogens is 1. The van der Waals surface area contributed by atoms with E-state index in [9.17, 15) is 0 Å². The first kappa shape index (κ1) is 14.4. The average Bonchev–Trinajstić information content (AvgIpc) is 2.30. The summed E-state index contributed by atoms with van der Waals surface area (Å²) >= 11 is 0.